The van der Waals surface area contributed by atoms with E-state index in [9.17, 15) is 4.79 Å². The number of hydrogen-bond acceptors (Lipinski definition) is 3. The second kappa shape index (κ2) is 5.88. The van der Waals surface area contributed by atoms with Crippen LogP contribution in [0.2, 0.25) is 0 Å². The minimum Gasteiger partial charge on any atom is -0.352 e. The van der Waals surface area contributed by atoms with Gasteiger partial charge in [0.1, 0.15) is 6.54 Å². The molecule has 1 unspecified atom stereocenters. The number of aryl methyl sites for hydroxylation is 2. The van der Waals surface area contributed by atoms with Crippen LogP contribution in [0.1, 0.15) is 36.2 Å². The van der Waals surface area contributed by atoms with Crippen molar-refractivity contribution in [3.63, 3.8) is 0 Å². The number of aromatic nitrogens is 2. The van der Waals surface area contributed by atoms with Crippen LogP contribution >= 0.6 is 11.3 Å². The lowest BCUT2D eigenvalue weighted by Gasteiger charge is -2.15. The topological polar surface area (TPSA) is 46.9 Å². The van der Waals surface area contributed by atoms with Gasteiger partial charge in [-0.25, -0.2) is 4.98 Å². The fourth-order valence-corrected chi connectivity index (χ4v) is 3.56. The molecule has 0 aromatic carbocycles. The maximum atomic E-state index is 12.3. The number of carbonyl (C=O) groups excluding carboxylic acids is 1. The lowest BCUT2D eigenvalue weighted by atomic mass is 10.2. The second-order valence-corrected chi connectivity index (χ2v) is 7.38. The van der Waals surface area contributed by atoms with Gasteiger partial charge in [-0.1, -0.05) is 0 Å². The molecule has 1 N–H and O–H groups in total. The molecule has 4 nitrogen and oxygen atoms in total. The zero-order valence-electron chi connectivity index (χ0n) is 13.6. The van der Waals surface area contributed by atoms with Gasteiger partial charge in [-0.05, 0) is 52.5 Å². The van der Waals surface area contributed by atoms with Gasteiger partial charge < -0.3 is 9.88 Å². The molecular weight excluding hydrogens is 294 g/mol. The molecule has 2 aromatic heterocycles. The number of nitrogens with one attached hydrogen (secondary N) is 1. The highest BCUT2D eigenvalue weighted by atomic mass is 32.1. The average Bonchev–Trinajstić information content (AvgIpc) is 3.18. The van der Waals surface area contributed by atoms with Gasteiger partial charge in [0.2, 0.25) is 5.91 Å². The third-order valence-electron chi connectivity index (χ3n) is 4.49. The third kappa shape index (κ3) is 3.09. The van der Waals surface area contributed by atoms with Gasteiger partial charge in [0.05, 0.1) is 10.7 Å². The first-order valence-corrected chi connectivity index (χ1v) is 8.72. The van der Waals surface area contributed by atoms with Gasteiger partial charge in [-0.3, -0.25) is 4.79 Å². The summed E-state index contributed by atoms with van der Waals surface area (Å²) >= 11 is 1.66. The van der Waals surface area contributed by atoms with Crippen LogP contribution in [0, 0.1) is 26.7 Å². The second-order valence-electron chi connectivity index (χ2n) is 6.32. The Kier molecular flexibility index (Phi) is 4.08. The molecule has 2 aromatic rings. The molecule has 3 rings (SSSR count). The zero-order valence-corrected chi connectivity index (χ0v) is 14.5. The Balaban J connectivity index is 1.76. The first-order valence-electron chi connectivity index (χ1n) is 7.84. The molecule has 1 amide bonds. The summed E-state index contributed by atoms with van der Waals surface area (Å²) in [5, 5.41) is 6.27. The van der Waals surface area contributed by atoms with E-state index >= 15 is 0 Å². The van der Waals surface area contributed by atoms with E-state index in [1.54, 1.807) is 11.3 Å². The quantitative estimate of drug-likeness (QED) is 0.918. The predicted octanol–water partition coefficient (Wildman–Crippen LogP) is 3.45. The first kappa shape index (κ1) is 15.3. The van der Waals surface area contributed by atoms with Gasteiger partial charge in [0, 0.05) is 28.4 Å². The van der Waals surface area contributed by atoms with Crippen molar-refractivity contribution in [2.24, 2.45) is 5.92 Å². The summed E-state index contributed by atoms with van der Waals surface area (Å²) in [6.07, 6.45) is 2.49. The minimum atomic E-state index is 0.0993. The van der Waals surface area contributed by atoms with E-state index in [1.165, 1.54) is 12.8 Å². The summed E-state index contributed by atoms with van der Waals surface area (Å²) in [7, 11) is 0. The van der Waals surface area contributed by atoms with E-state index in [1.807, 2.05) is 13.8 Å². The highest BCUT2D eigenvalue weighted by molar-refractivity contribution is 7.09. The largest absolute Gasteiger partial charge is 0.352 e. The van der Waals surface area contributed by atoms with Gasteiger partial charge in [0.25, 0.3) is 0 Å². The summed E-state index contributed by atoms with van der Waals surface area (Å²) < 4.78 is 2.08. The van der Waals surface area contributed by atoms with Crippen molar-refractivity contribution in [1.82, 2.24) is 14.9 Å². The molecule has 1 fully saturated rings. The van der Waals surface area contributed by atoms with E-state index in [2.05, 4.69) is 40.2 Å². The molecule has 0 radical (unpaired) electrons. The van der Waals surface area contributed by atoms with Gasteiger partial charge in [-0.2, -0.15) is 0 Å². The molecule has 1 aliphatic carbocycles. The number of rotatable bonds is 5. The molecular formula is C17H23N3OS. The summed E-state index contributed by atoms with van der Waals surface area (Å²) in [6, 6.07) is 2.42. The van der Waals surface area contributed by atoms with E-state index < -0.39 is 0 Å². The smallest absolute Gasteiger partial charge is 0.240 e. The van der Waals surface area contributed by atoms with Crippen LogP contribution < -0.4 is 5.32 Å². The maximum Gasteiger partial charge on any atom is 0.240 e. The van der Waals surface area contributed by atoms with E-state index in [-0.39, 0.29) is 5.91 Å². The number of hydrogen-bond donors (Lipinski definition) is 1. The molecule has 0 saturated heterocycles. The van der Waals surface area contributed by atoms with E-state index in [4.69, 9.17) is 0 Å². The Morgan fingerprint density at radius 2 is 2.18 bits per heavy atom. The minimum absolute atomic E-state index is 0.0993. The third-order valence-corrected chi connectivity index (χ3v) is 5.26. The molecule has 0 aliphatic heterocycles. The highest BCUT2D eigenvalue weighted by Gasteiger charge is 2.29. The molecule has 118 valence electrons. The van der Waals surface area contributed by atoms with Crippen molar-refractivity contribution in [1.29, 1.82) is 0 Å². The Bertz CT molecular complexity index is 697. The number of thiazole rings is 1. The van der Waals surface area contributed by atoms with Crippen molar-refractivity contribution in [2.75, 3.05) is 0 Å². The van der Waals surface area contributed by atoms with Gasteiger partial charge >= 0.3 is 0 Å². The van der Waals surface area contributed by atoms with E-state index in [0.29, 0.717) is 18.5 Å². The van der Waals surface area contributed by atoms with Crippen molar-refractivity contribution in [3.05, 3.63) is 27.8 Å². The van der Waals surface area contributed by atoms with E-state index in [0.717, 1.165) is 27.7 Å². The van der Waals surface area contributed by atoms with Crippen LogP contribution in [0.4, 0.5) is 0 Å². The molecule has 5 heteroatoms. The average molecular weight is 317 g/mol. The number of carbonyl (C=O) groups is 1. The van der Waals surface area contributed by atoms with Crippen LogP contribution in [0.5, 0.6) is 0 Å². The Hall–Kier alpha value is -1.62. The van der Waals surface area contributed by atoms with Crippen LogP contribution in [0.3, 0.4) is 0 Å². The highest BCUT2D eigenvalue weighted by Crippen LogP contribution is 2.32. The zero-order chi connectivity index (χ0) is 15.9. The molecule has 2 heterocycles. The van der Waals surface area contributed by atoms with Crippen LogP contribution in [-0.2, 0) is 11.3 Å². The fourth-order valence-electron chi connectivity index (χ4n) is 2.95. The SMILES string of the molecule is Cc1nc(-c2cc(C)n(CC(=O)NC(C)C3CC3)c2C)cs1. The molecule has 1 saturated carbocycles. The van der Waals surface area contributed by atoms with Crippen LogP contribution in [0.25, 0.3) is 11.3 Å². The fraction of sp³-hybridized carbons (Fsp3) is 0.529. The summed E-state index contributed by atoms with van der Waals surface area (Å²) in [4.78, 5) is 16.8. The van der Waals surface area contributed by atoms with Crippen LogP contribution in [-0.4, -0.2) is 21.5 Å². The molecule has 0 bridgehead atoms. The Morgan fingerprint density at radius 1 is 1.45 bits per heavy atom. The van der Waals surface area contributed by atoms with Crippen molar-refractivity contribution >= 4 is 17.2 Å². The molecule has 22 heavy (non-hydrogen) atoms. The standard InChI is InChI=1S/C17H23N3OS/c1-10-7-15(16-9-22-13(4)19-16)12(3)20(10)8-17(21)18-11(2)14-5-6-14/h7,9,11,14H,5-6,8H2,1-4H3,(H,18,21). The first-order chi connectivity index (χ1) is 10.5. The summed E-state index contributed by atoms with van der Waals surface area (Å²) in [5.74, 6) is 0.784. The number of nitrogens with zero attached hydrogens (tertiary/aromatic N) is 2. The van der Waals surface area contributed by atoms with Gasteiger partial charge in [0.15, 0.2) is 0 Å². The molecule has 0 spiro atoms. The molecule has 1 atom stereocenters. The normalized spacial score (nSPS) is 15.8. The lowest BCUT2D eigenvalue weighted by Crippen LogP contribution is -2.36. The maximum absolute atomic E-state index is 12.3. The molecule has 1 aliphatic rings. The summed E-state index contributed by atoms with van der Waals surface area (Å²) in [5.41, 5.74) is 4.35. The summed E-state index contributed by atoms with van der Waals surface area (Å²) in [6.45, 7) is 8.62. The van der Waals surface area contributed by atoms with Gasteiger partial charge in [-0.15, -0.1) is 11.3 Å². The van der Waals surface area contributed by atoms with Crippen molar-refractivity contribution < 1.29 is 4.79 Å². The van der Waals surface area contributed by atoms with Crippen LogP contribution in [0.15, 0.2) is 11.4 Å². The Morgan fingerprint density at radius 3 is 2.77 bits per heavy atom. The Labute approximate surface area is 135 Å². The lowest BCUT2D eigenvalue weighted by molar-refractivity contribution is -0.122. The van der Waals surface area contributed by atoms with Crippen molar-refractivity contribution in [2.45, 2.75) is 53.1 Å². The van der Waals surface area contributed by atoms with Crippen molar-refractivity contribution in [3.8, 4) is 11.3 Å². The monoisotopic (exact) mass is 317 g/mol. The number of amides is 1. The predicted molar refractivity (Wildman–Crippen MR) is 90.1 cm³/mol.